The highest BCUT2D eigenvalue weighted by Gasteiger charge is 2.40. The third-order valence-corrected chi connectivity index (χ3v) is 9.54. The van der Waals surface area contributed by atoms with E-state index in [4.69, 9.17) is 10.1 Å². The molecule has 0 amide bonds. The summed E-state index contributed by atoms with van der Waals surface area (Å²) in [6.45, 7) is 9.22. The van der Waals surface area contributed by atoms with Crippen molar-refractivity contribution in [3.8, 4) is 0 Å². The molecule has 3 aliphatic rings. The summed E-state index contributed by atoms with van der Waals surface area (Å²) < 4.78 is 16.4. The third kappa shape index (κ3) is 16.5. The summed E-state index contributed by atoms with van der Waals surface area (Å²) in [5.74, 6) is 0.806. The lowest BCUT2D eigenvalue weighted by Gasteiger charge is -2.37. The third-order valence-electron chi connectivity index (χ3n) is 9.54. The second kappa shape index (κ2) is 23.7. The van der Waals surface area contributed by atoms with Gasteiger partial charge in [0.15, 0.2) is 7.05 Å². The van der Waals surface area contributed by atoms with E-state index in [1.807, 2.05) is 36.4 Å². The molecule has 48 heavy (non-hydrogen) atoms. The average molecular weight is 670 g/mol. The number of likely N-dealkylation sites (tertiary alicyclic amines) is 1. The monoisotopic (exact) mass is 669 g/mol. The summed E-state index contributed by atoms with van der Waals surface area (Å²) in [5.41, 5.74) is 1.01. The number of carbonyl (C=O) groups excluding carboxylic acids is 1. The first-order chi connectivity index (χ1) is 23.1. The van der Waals surface area contributed by atoms with Gasteiger partial charge in [-0.3, -0.25) is 24.6 Å². The summed E-state index contributed by atoms with van der Waals surface area (Å²) >= 11 is 0. The molecule has 10 heteroatoms. The fourth-order valence-electron chi connectivity index (χ4n) is 7.27. The van der Waals surface area contributed by atoms with Crippen LogP contribution < -0.4 is 0 Å². The van der Waals surface area contributed by atoms with E-state index >= 15 is 0 Å². The number of rotatable bonds is 11. The lowest BCUT2D eigenvalue weighted by Crippen LogP contribution is -2.44. The van der Waals surface area contributed by atoms with Crippen molar-refractivity contribution >= 4 is 12.4 Å². The molecule has 3 fully saturated rings. The lowest BCUT2D eigenvalue weighted by atomic mass is 9.73. The minimum absolute atomic E-state index is 0.0754. The number of hydrogen-bond donors (Lipinski definition) is 1. The Morgan fingerprint density at radius 1 is 1.02 bits per heavy atom. The van der Waals surface area contributed by atoms with Crippen LogP contribution in [0.25, 0.3) is 0 Å². The zero-order valence-corrected chi connectivity index (χ0v) is 28.8. The fourth-order valence-corrected chi connectivity index (χ4v) is 7.27. The molecule has 2 aliphatic carbocycles. The Balaban J connectivity index is 0.000000308. The highest BCUT2D eigenvalue weighted by atomic mass is 19.1. The van der Waals surface area contributed by atoms with Crippen LogP contribution in [-0.4, -0.2) is 78.6 Å². The van der Waals surface area contributed by atoms with Gasteiger partial charge in [0.25, 0.3) is 6.47 Å². The van der Waals surface area contributed by atoms with E-state index in [0.29, 0.717) is 36.9 Å². The molecule has 1 aliphatic heterocycles. The Morgan fingerprint density at radius 3 is 2.10 bits per heavy atom. The molecule has 2 saturated carbocycles. The van der Waals surface area contributed by atoms with Crippen molar-refractivity contribution in [3.05, 3.63) is 94.8 Å². The van der Waals surface area contributed by atoms with Crippen molar-refractivity contribution in [2.24, 2.45) is 23.7 Å². The van der Waals surface area contributed by atoms with Gasteiger partial charge in [-0.25, -0.2) is 4.39 Å². The molecule has 9 nitrogen and oxygen atoms in total. The number of hydrogen-bond acceptors (Lipinski definition) is 7. The second-order valence-electron chi connectivity index (χ2n) is 13.1. The minimum atomic E-state index is -0.515. The number of aliphatic carboxylic acids is 1. The molecule has 0 bridgehead atoms. The van der Waals surface area contributed by atoms with Crippen molar-refractivity contribution in [1.82, 2.24) is 9.80 Å². The van der Waals surface area contributed by atoms with Crippen LogP contribution in [0.15, 0.2) is 73.3 Å². The zero-order valence-electron chi connectivity index (χ0n) is 28.8. The quantitative estimate of drug-likeness (QED) is 0.114. The number of ether oxygens (including phenoxy) is 1. The number of carboxylic acid groups (broad SMARTS) is 1. The summed E-state index contributed by atoms with van der Waals surface area (Å²) in [6.07, 6.45) is 14.1. The van der Waals surface area contributed by atoms with Crippen LogP contribution in [0.1, 0.15) is 69.8 Å². The summed E-state index contributed by atoms with van der Waals surface area (Å²) in [4.78, 5) is 35.1. The molecule has 0 radical (unpaired) electrons. The van der Waals surface area contributed by atoms with Gasteiger partial charge in [0.05, 0.1) is 5.92 Å². The minimum Gasteiger partial charge on any atom is -0.481 e. The van der Waals surface area contributed by atoms with Crippen molar-refractivity contribution in [2.45, 2.75) is 76.9 Å². The highest BCUT2D eigenvalue weighted by molar-refractivity contribution is 5.70. The van der Waals surface area contributed by atoms with Crippen LogP contribution in [0, 0.1) is 39.6 Å². The molecule has 2 aromatic rings. The van der Waals surface area contributed by atoms with E-state index in [1.54, 1.807) is 18.2 Å². The van der Waals surface area contributed by atoms with E-state index in [2.05, 4.69) is 28.2 Å². The first-order valence-electron chi connectivity index (χ1n) is 17.3. The summed E-state index contributed by atoms with van der Waals surface area (Å²) in [7, 11) is 3.10. The molecule has 266 valence electrons. The molecule has 0 aromatic heterocycles. The Morgan fingerprint density at radius 2 is 1.60 bits per heavy atom. The molecule has 1 heterocycles. The van der Waals surface area contributed by atoms with E-state index < -0.39 is 10.9 Å². The summed E-state index contributed by atoms with van der Waals surface area (Å²) in [5, 5.41) is 18.7. The molecule has 5 rings (SSSR count). The van der Waals surface area contributed by atoms with Gasteiger partial charge in [-0.2, -0.15) is 0 Å². The second-order valence-corrected chi connectivity index (χ2v) is 13.1. The Bertz CT molecular complexity index is 1170. The predicted molar refractivity (Wildman–Crippen MR) is 187 cm³/mol. The number of carboxylic acids is 1. The van der Waals surface area contributed by atoms with E-state index in [9.17, 15) is 19.1 Å². The van der Waals surface area contributed by atoms with Gasteiger partial charge in [0.1, 0.15) is 12.4 Å². The largest absolute Gasteiger partial charge is 0.481 e. The number of halogens is 1. The normalized spacial score (nSPS) is 20.4. The van der Waals surface area contributed by atoms with Crippen LogP contribution in [0.2, 0.25) is 0 Å². The molecule has 1 N–H and O–H groups in total. The average Bonchev–Trinajstić information content (AvgIpc) is 3.53. The van der Waals surface area contributed by atoms with Crippen molar-refractivity contribution in [3.63, 3.8) is 0 Å². The number of benzene rings is 2. The zero-order chi connectivity index (χ0) is 35.1. The maximum atomic E-state index is 12.0. The standard InChI is InChI=1S/C23H40N2O2.C8H8O2.C6H5F.CH3NO2/c1-3-13-24(2)21-11-14-25(15-12-21)17-18-9-10-20(16-18)22(23(26)27)19-7-5-4-6-8-19;9-7-10-6-8-4-2-1-3-5-8;7-6-4-2-1-3-5-6;1-2(3)4/h3,18-22H,1,4-17H2,2H3,(H,26,27);1-5,7H,6H2;1-5H;1H3/t18-,20?,22?;;;/m1.../s1. The van der Waals surface area contributed by atoms with E-state index in [-0.39, 0.29) is 11.7 Å². The molecule has 0 spiro atoms. The Labute approximate surface area is 286 Å². The highest BCUT2D eigenvalue weighted by Crippen LogP contribution is 2.43. The van der Waals surface area contributed by atoms with Crippen LogP contribution in [0.3, 0.4) is 0 Å². The van der Waals surface area contributed by atoms with Gasteiger partial charge in [0, 0.05) is 24.1 Å². The van der Waals surface area contributed by atoms with Gasteiger partial charge in [0.2, 0.25) is 0 Å². The smallest absolute Gasteiger partial charge is 0.307 e. The van der Waals surface area contributed by atoms with Crippen molar-refractivity contribution in [2.75, 3.05) is 40.3 Å². The number of nitrogens with zero attached hydrogens (tertiary/aromatic N) is 3. The maximum absolute atomic E-state index is 12.0. The molecule has 2 unspecified atom stereocenters. The topological polar surface area (TPSA) is 113 Å². The first-order valence-corrected chi connectivity index (χ1v) is 17.3. The van der Waals surface area contributed by atoms with Crippen molar-refractivity contribution in [1.29, 1.82) is 0 Å². The predicted octanol–water partition coefficient (Wildman–Crippen LogP) is 7.34. The van der Waals surface area contributed by atoms with Crippen LogP contribution in [0.5, 0.6) is 0 Å². The molecule has 1 saturated heterocycles. The maximum Gasteiger partial charge on any atom is 0.307 e. The number of piperidine rings is 1. The van der Waals surface area contributed by atoms with E-state index in [1.165, 1.54) is 70.3 Å². The first kappa shape index (κ1) is 40.5. The Kier molecular flexibility index (Phi) is 20.0. The lowest BCUT2D eigenvalue weighted by molar-refractivity contribution is -0.445. The summed E-state index contributed by atoms with van der Waals surface area (Å²) in [6, 6.07) is 18.2. The van der Waals surface area contributed by atoms with E-state index in [0.717, 1.165) is 44.8 Å². The van der Waals surface area contributed by atoms with Crippen LogP contribution in [-0.2, 0) is 20.9 Å². The molecule has 3 atom stereocenters. The van der Waals surface area contributed by atoms with Gasteiger partial charge in [-0.1, -0.05) is 73.9 Å². The fraction of sp³-hybridized carbons (Fsp3) is 0.579. The van der Waals surface area contributed by atoms with Crippen LogP contribution >= 0.6 is 0 Å². The molecular weight excluding hydrogens is 613 g/mol. The van der Waals surface area contributed by atoms with Gasteiger partial charge in [-0.15, -0.1) is 6.58 Å². The van der Waals surface area contributed by atoms with Gasteiger partial charge in [-0.05, 0) is 101 Å². The number of carbonyl (C=O) groups is 2. The Hall–Kier alpha value is -3.63. The molecule has 2 aromatic carbocycles. The van der Waals surface area contributed by atoms with Gasteiger partial charge >= 0.3 is 5.97 Å². The number of likely N-dealkylation sites (N-methyl/N-ethyl adjacent to an activating group) is 1. The van der Waals surface area contributed by atoms with Crippen LogP contribution in [0.4, 0.5) is 4.39 Å². The number of nitro groups is 1. The van der Waals surface area contributed by atoms with Gasteiger partial charge < -0.3 is 14.7 Å². The molecular formula is C38H56FN3O6. The van der Waals surface area contributed by atoms with Crippen molar-refractivity contribution < 1.29 is 28.7 Å². The SMILES string of the molecule is C=CCN(C)C1CCN(C[C@@H]2CCC(C(C(=O)O)C3CCCCC3)C2)CC1.C[N+](=O)[O-].Fc1ccccc1.O=COCc1ccccc1.